The number of piperidine rings is 1. The minimum atomic E-state index is -4.55. The predicted molar refractivity (Wildman–Crippen MR) is 112 cm³/mol. The number of hydrogen-bond donors (Lipinski definition) is 2. The standard InChI is InChI=1S/C21H21ClF3N3O3/c22-14-5-7-18(15(11-14)20(26)30)31-12-19(29)27-16-10-13(21(23,24)25)4-6-17(16)28-8-2-1-3-9-28/h4-7,10-11H,1-3,8-9,12H2,(H2,26,30)(H,27,29). The number of nitrogens with zero attached hydrogens (tertiary/aromatic N) is 1. The van der Waals surface area contributed by atoms with Crippen molar-refractivity contribution in [3.8, 4) is 5.75 Å². The molecule has 3 N–H and O–H groups in total. The monoisotopic (exact) mass is 455 g/mol. The van der Waals surface area contributed by atoms with Crippen LogP contribution in [0.3, 0.4) is 0 Å². The molecule has 31 heavy (non-hydrogen) atoms. The summed E-state index contributed by atoms with van der Waals surface area (Å²) >= 11 is 5.83. The first-order valence-electron chi connectivity index (χ1n) is 9.63. The maximum atomic E-state index is 13.2. The van der Waals surface area contributed by atoms with E-state index in [-0.39, 0.29) is 22.0 Å². The summed E-state index contributed by atoms with van der Waals surface area (Å²) in [5, 5.41) is 2.77. The van der Waals surface area contributed by atoms with Crippen LogP contribution in [0.25, 0.3) is 0 Å². The van der Waals surface area contributed by atoms with Crippen molar-refractivity contribution in [2.75, 3.05) is 29.9 Å². The number of rotatable bonds is 6. The number of amides is 2. The average Bonchev–Trinajstić information content (AvgIpc) is 2.72. The van der Waals surface area contributed by atoms with E-state index in [1.54, 1.807) is 0 Å². The fourth-order valence-corrected chi connectivity index (χ4v) is 3.55. The highest BCUT2D eigenvalue weighted by Crippen LogP contribution is 2.36. The number of nitrogens with one attached hydrogen (secondary N) is 1. The van der Waals surface area contributed by atoms with Crippen LogP contribution in [0.2, 0.25) is 5.02 Å². The second-order valence-electron chi connectivity index (χ2n) is 7.12. The Balaban J connectivity index is 1.79. The summed E-state index contributed by atoms with van der Waals surface area (Å²) < 4.78 is 45.0. The molecule has 0 spiro atoms. The highest BCUT2D eigenvalue weighted by Gasteiger charge is 2.32. The summed E-state index contributed by atoms with van der Waals surface area (Å²) in [5.74, 6) is -1.42. The number of halogens is 4. The number of alkyl halides is 3. The zero-order chi connectivity index (χ0) is 22.6. The van der Waals surface area contributed by atoms with Crippen LogP contribution in [0, 0.1) is 0 Å². The minimum absolute atomic E-state index is 0.00613. The van der Waals surface area contributed by atoms with Gasteiger partial charge in [0, 0.05) is 18.1 Å². The van der Waals surface area contributed by atoms with Crippen LogP contribution in [-0.2, 0) is 11.0 Å². The van der Waals surface area contributed by atoms with Gasteiger partial charge in [0.1, 0.15) is 5.75 Å². The molecule has 1 fully saturated rings. The second kappa shape index (κ2) is 9.47. The maximum absolute atomic E-state index is 13.2. The van der Waals surface area contributed by atoms with E-state index in [2.05, 4.69) is 5.32 Å². The minimum Gasteiger partial charge on any atom is -0.483 e. The van der Waals surface area contributed by atoms with Gasteiger partial charge in [0.15, 0.2) is 6.61 Å². The lowest BCUT2D eigenvalue weighted by Crippen LogP contribution is -2.31. The van der Waals surface area contributed by atoms with Gasteiger partial charge in [-0.15, -0.1) is 0 Å². The third-order valence-corrected chi connectivity index (χ3v) is 5.10. The summed E-state index contributed by atoms with van der Waals surface area (Å²) in [6.07, 6.45) is -1.65. The quantitative estimate of drug-likeness (QED) is 0.673. The van der Waals surface area contributed by atoms with E-state index in [1.807, 2.05) is 4.90 Å². The van der Waals surface area contributed by atoms with Crippen molar-refractivity contribution in [2.24, 2.45) is 5.73 Å². The van der Waals surface area contributed by atoms with Gasteiger partial charge in [-0.05, 0) is 55.7 Å². The van der Waals surface area contributed by atoms with E-state index in [0.29, 0.717) is 18.8 Å². The highest BCUT2D eigenvalue weighted by molar-refractivity contribution is 6.31. The van der Waals surface area contributed by atoms with Crippen LogP contribution in [0.15, 0.2) is 36.4 Å². The molecule has 2 amide bonds. The SMILES string of the molecule is NC(=O)c1cc(Cl)ccc1OCC(=O)Nc1cc(C(F)(F)F)ccc1N1CCCCC1. The Morgan fingerprint density at radius 2 is 1.81 bits per heavy atom. The van der Waals surface area contributed by atoms with Gasteiger partial charge >= 0.3 is 6.18 Å². The van der Waals surface area contributed by atoms with Gasteiger partial charge in [-0.25, -0.2) is 0 Å². The summed E-state index contributed by atoms with van der Waals surface area (Å²) in [7, 11) is 0. The Labute approximate surface area is 182 Å². The van der Waals surface area contributed by atoms with Crippen molar-refractivity contribution in [1.82, 2.24) is 0 Å². The van der Waals surface area contributed by atoms with Crippen molar-refractivity contribution in [3.63, 3.8) is 0 Å². The van der Waals surface area contributed by atoms with Gasteiger partial charge in [0.05, 0.1) is 22.5 Å². The van der Waals surface area contributed by atoms with E-state index >= 15 is 0 Å². The van der Waals surface area contributed by atoms with Crippen LogP contribution >= 0.6 is 11.6 Å². The lowest BCUT2D eigenvalue weighted by Gasteiger charge is -2.31. The average molecular weight is 456 g/mol. The molecule has 1 heterocycles. The second-order valence-corrected chi connectivity index (χ2v) is 7.56. The summed E-state index contributed by atoms with van der Waals surface area (Å²) in [5.41, 5.74) is 4.99. The molecule has 0 bridgehead atoms. The van der Waals surface area contributed by atoms with E-state index < -0.39 is 30.2 Å². The predicted octanol–water partition coefficient (Wildman–Crippen LogP) is 4.47. The molecule has 2 aromatic rings. The zero-order valence-electron chi connectivity index (χ0n) is 16.5. The number of hydrogen-bond acceptors (Lipinski definition) is 4. The Bertz CT molecular complexity index is 976. The topological polar surface area (TPSA) is 84.7 Å². The summed E-state index contributed by atoms with van der Waals surface area (Å²) in [6.45, 7) is 0.854. The number of benzene rings is 2. The van der Waals surface area contributed by atoms with Gasteiger partial charge in [0.25, 0.3) is 11.8 Å². The molecule has 0 aliphatic carbocycles. The molecule has 0 aromatic heterocycles. The Morgan fingerprint density at radius 3 is 2.45 bits per heavy atom. The highest BCUT2D eigenvalue weighted by atomic mass is 35.5. The molecule has 166 valence electrons. The maximum Gasteiger partial charge on any atom is 0.416 e. The van der Waals surface area contributed by atoms with Crippen molar-refractivity contribution >= 4 is 34.8 Å². The third kappa shape index (κ3) is 5.81. The number of carbonyl (C=O) groups is 2. The molecule has 1 aliphatic heterocycles. The van der Waals surface area contributed by atoms with E-state index in [1.165, 1.54) is 24.3 Å². The van der Waals surface area contributed by atoms with Crippen LogP contribution in [0.4, 0.5) is 24.5 Å². The first-order valence-corrected chi connectivity index (χ1v) is 10.0. The first-order chi connectivity index (χ1) is 14.6. The normalized spacial score (nSPS) is 14.3. The van der Waals surface area contributed by atoms with Crippen molar-refractivity contribution in [1.29, 1.82) is 0 Å². The van der Waals surface area contributed by atoms with Crippen molar-refractivity contribution in [2.45, 2.75) is 25.4 Å². The number of anilines is 2. The van der Waals surface area contributed by atoms with Crippen molar-refractivity contribution < 1.29 is 27.5 Å². The molecular formula is C21H21ClF3N3O3. The lowest BCUT2D eigenvalue weighted by atomic mass is 10.1. The van der Waals surface area contributed by atoms with E-state index in [9.17, 15) is 22.8 Å². The number of primary amides is 1. The van der Waals surface area contributed by atoms with Crippen molar-refractivity contribution in [3.05, 3.63) is 52.5 Å². The fraction of sp³-hybridized carbons (Fsp3) is 0.333. The molecule has 0 unspecified atom stereocenters. The summed E-state index contributed by atoms with van der Waals surface area (Å²) in [6, 6.07) is 7.44. The van der Waals surface area contributed by atoms with Crippen LogP contribution < -0.4 is 20.7 Å². The third-order valence-electron chi connectivity index (χ3n) is 4.86. The van der Waals surface area contributed by atoms with Gasteiger partial charge in [-0.1, -0.05) is 11.6 Å². The fourth-order valence-electron chi connectivity index (χ4n) is 3.37. The first kappa shape index (κ1) is 22.7. The molecule has 0 atom stereocenters. The Hall–Kier alpha value is -2.94. The molecule has 6 nitrogen and oxygen atoms in total. The largest absolute Gasteiger partial charge is 0.483 e. The van der Waals surface area contributed by atoms with Gasteiger partial charge in [-0.2, -0.15) is 13.2 Å². The smallest absolute Gasteiger partial charge is 0.416 e. The van der Waals surface area contributed by atoms with Gasteiger partial charge in [0.2, 0.25) is 0 Å². The zero-order valence-corrected chi connectivity index (χ0v) is 17.2. The molecule has 1 aliphatic rings. The lowest BCUT2D eigenvalue weighted by molar-refractivity contribution is -0.137. The van der Waals surface area contributed by atoms with Crippen LogP contribution in [-0.4, -0.2) is 31.5 Å². The Kier molecular flexibility index (Phi) is 6.94. The molecule has 1 saturated heterocycles. The molecular weight excluding hydrogens is 435 g/mol. The van der Waals surface area contributed by atoms with Crippen LogP contribution in [0.5, 0.6) is 5.75 Å². The summed E-state index contributed by atoms with van der Waals surface area (Å²) in [4.78, 5) is 25.9. The number of carbonyl (C=O) groups excluding carboxylic acids is 2. The Morgan fingerprint density at radius 1 is 1.10 bits per heavy atom. The van der Waals surface area contributed by atoms with Crippen LogP contribution in [0.1, 0.15) is 35.2 Å². The van der Waals surface area contributed by atoms with E-state index in [0.717, 1.165) is 31.4 Å². The number of nitrogens with two attached hydrogens (primary N) is 1. The van der Waals surface area contributed by atoms with E-state index in [4.69, 9.17) is 22.1 Å². The van der Waals surface area contributed by atoms with Gasteiger partial charge in [-0.3, -0.25) is 9.59 Å². The molecule has 10 heteroatoms. The molecule has 2 aromatic carbocycles. The molecule has 3 rings (SSSR count). The molecule has 0 radical (unpaired) electrons. The number of ether oxygens (including phenoxy) is 1. The molecule has 0 saturated carbocycles. The van der Waals surface area contributed by atoms with Gasteiger partial charge < -0.3 is 20.7 Å².